The van der Waals surface area contributed by atoms with Gasteiger partial charge in [0.2, 0.25) is 0 Å². The van der Waals surface area contributed by atoms with Gasteiger partial charge in [-0.25, -0.2) is 0 Å². The zero-order valence-electron chi connectivity index (χ0n) is 9.42. The molecular formula is C12H17BrO2. The van der Waals surface area contributed by atoms with Gasteiger partial charge < -0.3 is 9.47 Å². The number of hydrogen-bond donors (Lipinski definition) is 0. The summed E-state index contributed by atoms with van der Waals surface area (Å²) in [6, 6.07) is 6.10. The molecule has 0 amide bonds. The van der Waals surface area contributed by atoms with Crippen LogP contribution in [-0.2, 0) is 0 Å². The van der Waals surface area contributed by atoms with Gasteiger partial charge in [-0.1, -0.05) is 28.9 Å². The van der Waals surface area contributed by atoms with Crippen molar-refractivity contribution in [2.75, 3.05) is 19.5 Å². The molecule has 0 heterocycles. The van der Waals surface area contributed by atoms with Gasteiger partial charge in [0.05, 0.1) is 14.2 Å². The number of alkyl halides is 1. The quantitative estimate of drug-likeness (QED) is 0.763. The molecule has 0 aliphatic rings. The van der Waals surface area contributed by atoms with E-state index >= 15 is 0 Å². The fourth-order valence-corrected chi connectivity index (χ4v) is 2.18. The summed E-state index contributed by atoms with van der Waals surface area (Å²) in [5, 5.41) is 1.02. The maximum absolute atomic E-state index is 5.27. The molecule has 0 aliphatic carbocycles. The smallest absolute Gasteiger partial charge is 0.160 e. The van der Waals surface area contributed by atoms with Crippen LogP contribution in [0.5, 0.6) is 11.5 Å². The molecule has 2 nitrogen and oxygen atoms in total. The molecule has 3 heteroatoms. The van der Waals surface area contributed by atoms with Gasteiger partial charge in [-0.15, -0.1) is 0 Å². The summed E-state index contributed by atoms with van der Waals surface area (Å²) in [7, 11) is 3.32. The first-order chi connectivity index (χ1) is 7.22. The van der Waals surface area contributed by atoms with E-state index in [1.54, 1.807) is 14.2 Å². The summed E-state index contributed by atoms with van der Waals surface area (Å²) in [6.07, 6.45) is 1.12. The molecule has 0 aliphatic heterocycles. The molecule has 0 N–H and O–H groups in total. The lowest BCUT2D eigenvalue weighted by molar-refractivity contribution is 0.354. The van der Waals surface area contributed by atoms with Crippen LogP contribution < -0.4 is 9.47 Å². The van der Waals surface area contributed by atoms with Crippen molar-refractivity contribution in [3.8, 4) is 11.5 Å². The summed E-state index contributed by atoms with van der Waals surface area (Å²) < 4.78 is 10.5. The molecule has 84 valence electrons. The summed E-state index contributed by atoms with van der Waals surface area (Å²) in [5.74, 6) is 2.12. The van der Waals surface area contributed by atoms with E-state index < -0.39 is 0 Å². The maximum atomic E-state index is 5.27. The molecule has 1 unspecified atom stereocenters. The summed E-state index contributed by atoms with van der Waals surface area (Å²) >= 11 is 3.46. The molecule has 1 aromatic rings. The van der Waals surface area contributed by atoms with Crippen LogP contribution in [0.3, 0.4) is 0 Å². The molecule has 0 saturated heterocycles. The van der Waals surface area contributed by atoms with Gasteiger partial charge in [0.15, 0.2) is 11.5 Å². The average Bonchev–Trinajstić information content (AvgIpc) is 2.28. The molecule has 0 fully saturated rings. The lowest BCUT2D eigenvalue weighted by Crippen LogP contribution is -1.97. The Morgan fingerprint density at radius 1 is 1.20 bits per heavy atom. The van der Waals surface area contributed by atoms with Crippen LogP contribution >= 0.6 is 15.9 Å². The van der Waals surface area contributed by atoms with Crippen LogP contribution in [0, 0.1) is 0 Å². The van der Waals surface area contributed by atoms with Crippen LogP contribution in [0.15, 0.2) is 18.2 Å². The minimum Gasteiger partial charge on any atom is -0.493 e. The van der Waals surface area contributed by atoms with Crippen molar-refractivity contribution in [1.82, 2.24) is 0 Å². The van der Waals surface area contributed by atoms with Gasteiger partial charge in [-0.2, -0.15) is 0 Å². The van der Waals surface area contributed by atoms with E-state index in [-0.39, 0.29) is 0 Å². The number of halogens is 1. The van der Waals surface area contributed by atoms with Crippen molar-refractivity contribution in [2.24, 2.45) is 0 Å². The van der Waals surface area contributed by atoms with E-state index in [9.17, 15) is 0 Å². The predicted octanol–water partition coefficient (Wildman–Crippen LogP) is 3.59. The first-order valence-corrected chi connectivity index (χ1v) is 6.13. The predicted molar refractivity (Wildman–Crippen MR) is 66.4 cm³/mol. The Morgan fingerprint density at radius 3 is 2.40 bits per heavy atom. The minimum atomic E-state index is 0.532. The van der Waals surface area contributed by atoms with Gasteiger partial charge >= 0.3 is 0 Å². The highest BCUT2D eigenvalue weighted by Crippen LogP contribution is 2.31. The first-order valence-electron chi connectivity index (χ1n) is 5.00. The van der Waals surface area contributed by atoms with Gasteiger partial charge in [0, 0.05) is 5.33 Å². The van der Waals surface area contributed by atoms with Crippen molar-refractivity contribution in [3.63, 3.8) is 0 Å². The second-order valence-corrected chi connectivity index (χ2v) is 4.29. The fourth-order valence-electron chi connectivity index (χ4n) is 1.49. The molecule has 1 aromatic carbocycles. The Kier molecular flexibility index (Phi) is 4.95. The van der Waals surface area contributed by atoms with E-state index in [2.05, 4.69) is 28.9 Å². The van der Waals surface area contributed by atoms with E-state index in [0.717, 1.165) is 23.2 Å². The van der Waals surface area contributed by atoms with Gasteiger partial charge in [-0.3, -0.25) is 0 Å². The van der Waals surface area contributed by atoms with Crippen molar-refractivity contribution in [3.05, 3.63) is 23.8 Å². The second-order valence-electron chi connectivity index (χ2n) is 3.49. The molecular weight excluding hydrogens is 256 g/mol. The highest BCUT2D eigenvalue weighted by molar-refractivity contribution is 9.09. The Labute approximate surface area is 99.7 Å². The van der Waals surface area contributed by atoms with Crippen LogP contribution in [0.4, 0.5) is 0 Å². The summed E-state index contributed by atoms with van der Waals surface area (Å²) in [4.78, 5) is 0. The standard InChI is InChI=1S/C12H17BrO2/c1-9(6-7-13)10-4-5-11(14-2)12(8-10)15-3/h4-5,8-9H,6-7H2,1-3H3. The molecule has 1 atom stereocenters. The van der Waals surface area contributed by atoms with Crippen LogP contribution in [0.25, 0.3) is 0 Å². The monoisotopic (exact) mass is 272 g/mol. The third-order valence-corrected chi connectivity index (χ3v) is 2.98. The Hall–Kier alpha value is -0.700. The Balaban J connectivity index is 2.92. The van der Waals surface area contributed by atoms with Crippen LogP contribution in [0.1, 0.15) is 24.8 Å². The SMILES string of the molecule is COc1ccc(C(C)CCBr)cc1OC. The number of methoxy groups -OCH3 is 2. The number of rotatable bonds is 5. The molecule has 1 rings (SSSR count). The Bertz CT molecular complexity index is 312. The van der Waals surface area contributed by atoms with Crippen molar-refractivity contribution in [2.45, 2.75) is 19.3 Å². The van der Waals surface area contributed by atoms with E-state index in [4.69, 9.17) is 9.47 Å². The maximum Gasteiger partial charge on any atom is 0.160 e. The van der Waals surface area contributed by atoms with Crippen LogP contribution in [0.2, 0.25) is 0 Å². The average molecular weight is 273 g/mol. The number of ether oxygens (including phenoxy) is 2. The number of hydrogen-bond acceptors (Lipinski definition) is 2. The van der Waals surface area contributed by atoms with Gasteiger partial charge in [-0.05, 0) is 30.0 Å². The van der Waals surface area contributed by atoms with Crippen molar-refractivity contribution in [1.29, 1.82) is 0 Å². The Morgan fingerprint density at radius 2 is 1.87 bits per heavy atom. The van der Waals surface area contributed by atoms with E-state index in [1.807, 2.05) is 12.1 Å². The summed E-state index contributed by atoms with van der Waals surface area (Å²) in [5.41, 5.74) is 1.28. The molecule has 0 spiro atoms. The topological polar surface area (TPSA) is 18.5 Å². The largest absolute Gasteiger partial charge is 0.493 e. The highest BCUT2D eigenvalue weighted by Gasteiger charge is 2.09. The van der Waals surface area contributed by atoms with E-state index in [0.29, 0.717) is 5.92 Å². The first kappa shape index (κ1) is 12.4. The molecule has 0 aromatic heterocycles. The van der Waals surface area contributed by atoms with Gasteiger partial charge in [0.1, 0.15) is 0 Å². The van der Waals surface area contributed by atoms with Crippen molar-refractivity contribution < 1.29 is 9.47 Å². The second kappa shape index (κ2) is 6.01. The molecule has 15 heavy (non-hydrogen) atoms. The number of benzene rings is 1. The lowest BCUT2D eigenvalue weighted by Gasteiger charge is -2.13. The van der Waals surface area contributed by atoms with Crippen LogP contribution in [-0.4, -0.2) is 19.5 Å². The highest BCUT2D eigenvalue weighted by atomic mass is 79.9. The van der Waals surface area contributed by atoms with Crippen molar-refractivity contribution >= 4 is 15.9 Å². The molecule has 0 saturated carbocycles. The zero-order valence-corrected chi connectivity index (χ0v) is 11.0. The minimum absolute atomic E-state index is 0.532. The van der Waals surface area contributed by atoms with E-state index in [1.165, 1.54) is 5.56 Å². The van der Waals surface area contributed by atoms with Gasteiger partial charge in [0.25, 0.3) is 0 Å². The molecule has 0 radical (unpaired) electrons. The normalized spacial score (nSPS) is 12.3. The molecule has 0 bridgehead atoms. The third kappa shape index (κ3) is 3.13. The zero-order chi connectivity index (χ0) is 11.3. The third-order valence-electron chi connectivity index (χ3n) is 2.52. The summed E-state index contributed by atoms with van der Waals surface area (Å²) in [6.45, 7) is 2.21. The fraction of sp³-hybridized carbons (Fsp3) is 0.500. The lowest BCUT2D eigenvalue weighted by atomic mass is 9.98.